The third-order valence-electron chi connectivity index (χ3n) is 13.0. The van der Waals surface area contributed by atoms with Gasteiger partial charge in [-0.3, -0.25) is 19.4 Å². The summed E-state index contributed by atoms with van der Waals surface area (Å²) in [5.74, 6) is 0.614. The maximum Gasteiger partial charge on any atom is 0.410 e. The summed E-state index contributed by atoms with van der Waals surface area (Å²) < 4.78 is 17.0. The lowest BCUT2D eigenvalue weighted by Gasteiger charge is -2.41. The van der Waals surface area contributed by atoms with Gasteiger partial charge >= 0.3 is 18.1 Å². The number of halogens is 1. The van der Waals surface area contributed by atoms with E-state index in [9.17, 15) is 24.3 Å². The van der Waals surface area contributed by atoms with Crippen LogP contribution in [-0.4, -0.2) is 158 Å². The van der Waals surface area contributed by atoms with Crippen molar-refractivity contribution in [1.82, 2.24) is 24.5 Å². The monoisotopic (exact) mass is 836 g/mol. The molecule has 2 N–H and O–H groups in total. The smallest absolute Gasteiger partial charge is 0.410 e. The van der Waals surface area contributed by atoms with Crippen molar-refractivity contribution in [3.05, 3.63) is 58.1 Å². The van der Waals surface area contributed by atoms with Gasteiger partial charge in [-0.15, -0.1) is 0 Å². The SMILES string of the molecule is Cc1cc(C[C@@H](OC(=O)N2CCC(N3CCc4ccccc4NC3=O)CC2)C(=O)N2CCC(C3CCN(CC(=O)OCCCN4CCOCC4)CC3)CC2)cc(Cl)c1O. The number of ether oxygens (including phenoxy) is 3. The van der Waals surface area contributed by atoms with Gasteiger partial charge in [-0.2, -0.15) is 0 Å². The number of hydrogen-bond donors (Lipinski definition) is 2. The van der Waals surface area contributed by atoms with Gasteiger partial charge in [0, 0.05) is 70.5 Å². The topological polar surface area (TPSA) is 144 Å². The molecule has 2 aromatic carbocycles. The number of morpholine rings is 1. The van der Waals surface area contributed by atoms with Crippen LogP contribution in [0.5, 0.6) is 5.75 Å². The molecule has 4 fully saturated rings. The van der Waals surface area contributed by atoms with Gasteiger partial charge in [0.2, 0.25) is 0 Å². The normalized spacial score (nSPS) is 21.1. The number of hydrogen-bond acceptors (Lipinski definition) is 10. The fourth-order valence-corrected chi connectivity index (χ4v) is 9.81. The van der Waals surface area contributed by atoms with E-state index in [4.69, 9.17) is 25.8 Å². The standard InChI is InChI=1S/C44H61ClN6O8/c1-31-27-32(28-37(45)41(31)53)29-39(59-44(56)50-19-12-36(13-20-50)51-21-11-35-5-2-3-6-38(35)46-43(51)55)42(54)49-17-9-34(10-18-49)33-7-15-48(16-8-33)30-40(52)58-24-4-14-47-22-25-57-26-23-47/h2-3,5-6,27-28,33-34,36,39,53H,4,7-26,29-30H2,1H3,(H,46,55)/t39-/m1/s1. The second-order valence-corrected chi connectivity index (χ2v) is 17.3. The van der Waals surface area contributed by atoms with Gasteiger partial charge in [0.05, 0.1) is 31.4 Å². The molecule has 0 bridgehead atoms. The number of phenols is 1. The van der Waals surface area contributed by atoms with Crippen molar-refractivity contribution >= 4 is 41.3 Å². The highest BCUT2D eigenvalue weighted by atomic mass is 35.5. The van der Waals surface area contributed by atoms with Gasteiger partial charge in [-0.05, 0) is 112 Å². The number of phenolic OH excluding ortho intramolecular Hbond substituents is 1. The Bertz CT molecular complexity index is 1750. The highest BCUT2D eigenvalue weighted by Gasteiger charge is 2.37. The van der Waals surface area contributed by atoms with E-state index < -0.39 is 12.2 Å². The minimum atomic E-state index is -1.06. The van der Waals surface area contributed by atoms with Crippen molar-refractivity contribution in [3.8, 4) is 5.75 Å². The highest BCUT2D eigenvalue weighted by molar-refractivity contribution is 6.32. The number of carbonyl (C=O) groups is 4. The molecule has 0 saturated carbocycles. The zero-order chi connectivity index (χ0) is 41.3. The Labute approximate surface area is 353 Å². The molecule has 14 nitrogen and oxygen atoms in total. The number of piperidine rings is 3. The third kappa shape index (κ3) is 11.4. The number of benzene rings is 2. The summed E-state index contributed by atoms with van der Waals surface area (Å²) >= 11 is 6.33. The lowest BCUT2D eigenvalue weighted by molar-refractivity contribution is -0.145. The fourth-order valence-electron chi connectivity index (χ4n) is 9.52. The number of esters is 1. The molecule has 15 heteroatoms. The van der Waals surface area contributed by atoms with Crippen LogP contribution in [-0.2, 0) is 36.6 Å². The number of para-hydroxylation sites is 1. The van der Waals surface area contributed by atoms with Crippen molar-refractivity contribution in [3.63, 3.8) is 0 Å². The van der Waals surface area contributed by atoms with Gasteiger partial charge in [-0.1, -0.05) is 35.9 Å². The number of aromatic hydroxyl groups is 1. The van der Waals surface area contributed by atoms with E-state index in [1.807, 2.05) is 34.1 Å². The van der Waals surface area contributed by atoms with Crippen LogP contribution in [0.4, 0.5) is 15.3 Å². The van der Waals surface area contributed by atoms with Crippen molar-refractivity contribution in [1.29, 1.82) is 0 Å². The number of anilines is 1. The molecule has 0 aliphatic carbocycles. The minimum absolute atomic E-state index is 0.0110. The lowest BCUT2D eigenvalue weighted by atomic mass is 9.78. The molecule has 0 aromatic heterocycles. The Kier molecular flexibility index (Phi) is 14.9. The van der Waals surface area contributed by atoms with E-state index in [2.05, 4.69) is 15.1 Å². The van der Waals surface area contributed by atoms with E-state index in [1.54, 1.807) is 24.0 Å². The van der Waals surface area contributed by atoms with Gasteiger partial charge in [0.1, 0.15) is 5.75 Å². The van der Waals surface area contributed by atoms with E-state index in [0.717, 1.165) is 95.7 Å². The first-order valence-corrected chi connectivity index (χ1v) is 22.0. The van der Waals surface area contributed by atoms with Crippen molar-refractivity contribution in [2.24, 2.45) is 11.8 Å². The summed E-state index contributed by atoms with van der Waals surface area (Å²) in [5, 5.41) is 13.5. The number of carbonyl (C=O) groups excluding carboxylic acids is 4. The van der Waals surface area contributed by atoms with E-state index in [1.165, 1.54) is 0 Å². The summed E-state index contributed by atoms with van der Waals surface area (Å²) in [6, 6.07) is 11.1. The average molecular weight is 837 g/mol. The number of fused-ring (bicyclic) bond motifs is 1. The molecule has 4 amide bonds. The number of nitrogens with zero attached hydrogens (tertiary/aromatic N) is 5. The number of urea groups is 1. The molecule has 0 radical (unpaired) electrons. The molecule has 1 atom stereocenters. The Morgan fingerprint density at radius 1 is 0.881 bits per heavy atom. The Morgan fingerprint density at radius 2 is 1.56 bits per heavy atom. The van der Waals surface area contributed by atoms with E-state index >= 15 is 0 Å². The molecule has 7 rings (SSSR count). The molecule has 2 aromatic rings. The molecule has 4 saturated heterocycles. The van der Waals surface area contributed by atoms with Gasteiger partial charge in [0.15, 0.2) is 6.10 Å². The number of likely N-dealkylation sites (tertiary alicyclic amines) is 3. The van der Waals surface area contributed by atoms with Crippen LogP contribution in [0, 0.1) is 18.8 Å². The zero-order valence-corrected chi connectivity index (χ0v) is 35.2. The van der Waals surface area contributed by atoms with Gasteiger partial charge < -0.3 is 39.3 Å². The molecule has 59 heavy (non-hydrogen) atoms. The molecule has 322 valence electrons. The summed E-state index contributed by atoms with van der Waals surface area (Å²) in [7, 11) is 0. The van der Waals surface area contributed by atoms with Crippen molar-refractivity contribution < 1.29 is 38.5 Å². The number of nitrogens with one attached hydrogen (secondary N) is 1. The molecule has 0 unspecified atom stereocenters. The molecular formula is C44H61ClN6O8. The maximum atomic E-state index is 14.2. The predicted molar refractivity (Wildman–Crippen MR) is 224 cm³/mol. The van der Waals surface area contributed by atoms with Crippen LogP contribution in [0.1, 0.15) is 61.6 Å². The highest BCUT2D eigenvalue weighted by Crippen LogP contribution is 2.34. The number of aryl methyl sites for hydroxylation is 1. The average Bonchev–Trinajstić information content (AvgIpc) is 3.42. The number of rotatable bonds is 12. The van der Waals surface area contributed by atoms with E-state index in [-0.39, 0.29) is 41.1 Å². The zero-order valence-electron chi connectivity index (χ0n) is 34.5. The largest absolute Gasteiger partial charge is 0.506 e. The van der Waals surface area contributed by atoms with Crippen LogP contribution in [0.3, 0.4) is 0 Å². The first-order chi connectivity index (χ1) is 28.6. The Morgan fingerprint density at radius 3 is 2.27 bits per heavy atom. The van der Waals surface area contributed by atoms with Gasteiger partial charge in [-0.25, -0.2) is 9.59 Å². The summed E-state index contributed by atoms with van der Waals surface area (Å²) in [5.41, 5.74) is 3.23. The van der Waals surface area contributed by atoms with Crippen molar-refractivity contribution in [2.45, 2.75) is 76.9 Å². The summed E-state index contributed by atoms with van der Waals surface area (Å²) in [6.45, 7) is 11.1. The van der Waals surface area contributed by atoms with E-state index in [0.29, 0.717) is 81.7 Å². The molecule has 5 heterocycles. The number of amides is 4. The Balaban J connectivity index is 0.880. The van der Waals surface area contributed by atoms with Crippen LogP contribution >= 0.6 is 11.6 Å². The van der Waals surface area contributed by atoms with Crippen LogP contribution in [0.25, 0.3) is 0 Å². The molecular weight excluding hydrogens is 776 g/mol. The molecule has 5 aliphatic heterocycles. The second kappa shape index (κ2) is 20.4. The third-order valence-corrected chi connectivity index (χ3v) is 13.3. The van der Waals surface area contributed by atoms with Gasteiger partial charge in [0.25, 0.3) is 5.91 Å². The molecule has 5 aliphatic rings. The second-order valence-electron chi connectivity index (χ2n) is 16.9. The van der Waals surface area contributed by atoms with Crippen LogP contribution in [0.2, 0.25) is 5.02 Å². The first-order valence-electron chi connectivity index (χ1n) is 21.7. The lowest BCUT2D eigenvalue weighted by Crippen LogP contribution is -2.52. The Hall–Kier alpha value is -4.11. The quantitative estimate of drug-likeness (QED) is 0.217. The minimum Gasteiger partial charge on any atom is -0.506 e. The molecule has 0 spiro atoms. The van der Waals surface area contributed by atoms with Crippen molar-refractivity contribution in [2.75, 3.05) is 97.1 Å². The summed E-state index contributed by atoms with van der Waals surface area (Å²) in [4.78, 5) is 63.6. The first kappa shape index (κ1) is 43.0. The predicted octanol–water partition coefficient (Wildman–Crippen LogP) is 5.17. The summed E-state index contributed by atoms with van der Waals surface area (Å²) in [6.07, 6.45) is 5.09. The van der Waals surface area contributed by atoms with Crippen LogP contribution < -0.4 is 5.32 Å². The fraction of sp³-hybridized carbons (Fsp3) is 0.636. The van der Waals surface area contributed by atoms with Crippen LogP contribution in [0.15, 0.2) is 36.4 Å². The maximum absolute atomic E-state index is 14.2.